The zero-order valence-electron chi connectivity index (χ0n) is 23.9. The van der Waals surface area contributed by atoms with Crippen molar-refractivity contribution in [2.75, 3.05) is 32.8 Å². The monoisotopic (exact) mass is 610 g/mol. The number of nitrogens with zero attached hydrogens (tertiary/aromatic N) is 2. The second-order valence-electron chi connectivity index (χ2n) is 11.1. The van der Waals surface area contributed by atoms with Crippen LogP contribution in [0.2, 0.25) is 5.02 Å². The zero-order valence-corrected chi connectivity index (χ0v) is 25.4. The molecular formula is C32H39ClN4O4S. The van der Waals surface area contributed by atoms with Crippen LogP contribution in [0.5, 0.6) is 5.75 Å². The molecular weight excluding hydrogens is 572 g/mol. The molecule has 2 amide bonds. The highest BCUT2D eigenvalue weighted by Gasteiger charge is 2.27. The summed E-state index contributed by atoms with van der Waals surface area (Å²) < 4.78 is 6.02. The third-order valence-electron chi connectivity index (χ3n) is 8.23. The van der Waals surface area contributed by atoms with Crippen LogP contribution in [0.25, 0.3) is 10.6 Å². The lowest BCUT2D eigenvalue weighted by molar-refractivity contribution is -0.120. The summed E-state index contributed by atoms with van der Waals surface area (Å²) in [5, 5.41) is 14.1. The number of nitrogens with two attached hydrogens (primary N) is 1. The number of piperidine rings is 1. The van der Waals surface area contributed by atoms with Crippen molar-refractivity contribution in [2.45, 2.75) is 63.9 Å². The van der Waals surface area contributed by atoms with Gasteiger partial charge in [-0.3, -0.25) is 9.59 Å². The first-order chi connectivity index (χ1) is 20.4. The average molecular weight is 611 g/mol. The number of ether oxygens (including phenoxy) is 1. The molecule has 4 N–H and O–H groups in total. The summed E-state index contributed by atoms with van der Waals surface area (Å²) in [6.07, 6.45) is 8.38. The minimum Gasteiger partial charge on any atom is -0.483 e. The lowest BCUT2D eigenvalue weighted by Crippen LogP contribution is -2.34. The van der Waals surface area contributed by atoms with Gasteiger partial charge in [-0.15, -0.1) is 11.3 Å². The van der Waals surface area contributed by atoms with Gasteiger partial charge in [-0.1, -0.05) is 35.9 Å². The number of aryl methyl sites for hydroxylation is 1. The van der Waals surface area contributed by atoms with E-state index in [0.717, 1.165) is 75.9 Å². The summed E-state index contributed by atoms with van der Waals surface area (Å²) in [6.45, 7) is 3.22. The van der Waals surface area contributed by atoms with E-state index in [0.29, 0.717) is 33.1 Å². The Morgan fingerprint density at radius 2 is 1.86 bits per heavy atom. The summed E-state index contributed by atoms with van der Waals surface area (Å²) in [6, 6.07) is 11.8. The van der Waals surface area contributed by atoms with Gasteiger partial charge >= 0.3 is 0 Å². The van der Waals surface area contributed by atoms with Crippen LogP contribution in [0.3, 0.4) is 0 Å². The molecule has 5 rings (SSSR count). The number of hydrogen-bond acceptors (Lipinski definition) is 7. The van der Waals surface area contributed by atoms with E-state index in [1.165, 1.54) is 34.4 Å². The maximum Gasteiger partial charge on any atom is 0.263 e. The standard InChI is InChI=1S/C32H39ClN4O4S/c33-24-10-7-23(8-11-24)32-36-27(19-38)30(42-32)31(40)35-15-3-4-16-37-17-13-22(14-18-37)26-12-9-21-5-1-2-6-25(21)29(26)41-20-28(34)39/h7-12,22,38H,1-6,13-20H2,(H2,34,39)(H,35,40). The smallest absolute Gasteiger partial charge is 0.263 e. The van der Waals surface area contributed by atoms with E-state index in [1.54, 1.807) is 12.1 Å². The number of aliphatic hydroxyl groups excluding tert-OH is 1. The lowest BCUT2D eigenvalue weighted by Gasteiger charge is -2.34. The molecule has 224 valence electrons. The SMILES string of the molecule is NC(=O)COc1c(C2CCN(CCCCNC(=O)c3sc(-c4ccc(Cl)cc4)nc3CO)CC2)ccc2c1CCCC2. The van der Waals surface area contributed by atoms with Crippen molar-refractivity contribution < 1.29 is 19.4 Å². The Bertz CT molecular complexity index is 1390. The number of hydrogen-bond donors (Lipinski definition) is 3. The Labute approximate surface area is 256 Å². The van der Waals surface area contributed by atoms with Crippen LogP contribution in [0, 0.1) is 0 Å². The molecule has 2 aromatic carbocycles. The van der Waals surface area contributed by atoms with Gasteiger partial charge in [0.1, 0.15) is 15.6 Å². The highest BCUT2D eigenvalue weighted by molar-refractivity contribution is 7.17. The number of aromatic nitrogens is 1. The molecule has 1 aliphatic carbocycles. The second-order valence-corrected chi connectivity index (χ2v) is 12.6. The first-order valence-electron chi connectivity index (χ1n) is 14.9. The maximum atomic E-state index is 12.8. The third-order valence-corrected chi connectivity index (χ3v) is 9.63. The number of carbonyl (C=O) groups is 2. The number of nitrogens with one attached hydrogen (secondary N) is 1. The molecule has 42 heavy (non-hydrogen) atoms. The largest absolute Gasteiger partial charge is 0.483 e. The van der Waals surface area contributed by atoms with Crippen LogP contribution in [0.15, 0.2) is 36.4 Å². The van der Waals surface area contributed by atoms with Crippen LogP contribution in [-0.4, -0.2) is 59.6 Å². The van der Waals surface area contributed by atoms with Gasteiger partial charge in [0, 0.05) is 17.1 Å². The quantitative estimate of drug-likeness (QED) is 0.246. The Kier molecular flexibility index (Phi) is 10.5. The van der Waals surface area contributed by atoms with Crippen LogP contribution < -0.4 is 15.8 Å². The molecule has 0 radical (unpaired) electrons. The predicted octanol–water partition coefficient (Wildman–Crippen LogP) is 5.09. The van der Waals surface area contributed by atoms with Gasteiger partial charge < -0.3 is 25.8 Å². The molecule has 1 aliphatic heterocycles. The zero-order chi connectivity index (χ0) is 29.5. The van der Waals surface area contributed by atoms with E-state index in [4.69, 9.17) is 22.1 Å². The van der Waals surface area contributed by atoms with Crippen LogP contribution in [-0.2, 0) is 24.2 Å². The Balaban J connectivity index is 1.08. The van der Waals surface area contributed by atoms with E-state index in [1.807, 2.05) is 12.1 Å². The average Bonchev–Trinajstić information content (AvgIpc) is 3.45. The molecule has 10 heteroatoms. The predicted molar refractivity (Wildman–Crippen MR) is 166 cm³/mol. The molecule has 3 aromatic rings. The second kappa shape index (κ2) is 14.5. The van der Waals surface area contributed by atoms with E-state index in [-0.39, 0.29) is 19.1 Å². The number of aliphatic hydroxyl groups is 1. The number of halogens is 1. The van der Waals surface area contributed by atoms with Crippen molar-refractivity contribution >= 4 is 34.8 Å². The Morgan fingerprint density at radius 3 is 2.60 bits per heavy atom. The topological polar surface area (TPSA) is 118 Å². The van der Waals surface area contributed by atoms with Crippen molar-refractivity contribution in [3.8, 4) is 16.3 Å². The molecule has 0 saturated carbocycles. The van der Waals surface area contributed by atoms with Crippen LogP contribution >= 0.6 is 22.9 Å². The van der Waals surface area contributed by atoms with E-state index in [2.05, 4.69) is 27.3 Å². The van der Waals surface area contributed by atoms with Gasteiger partial charge in [0.15, 0.2) is 6.61 Å². The number of carbonyl (C=O) groups excluding carboxylic acids is 2. The fourth-order valence-electron chi connectivity index (χ4n) is 6.01. The minimum absolute atomic E-state index is 0.0767. The van der Waals surface area contributed by atoms with Crippen molar-refractivity contribution in [3.05, 3.63) is 68.7 Å². The van der Waals surface area contributed by atoms with Gasteiger partial charge in [-0.05, 0) is 106 Å². The fourth-order valence-corrected chi connectivity index (χ4v) is 7.13. The number of unbranched alkanes of at least 4 members (excludes halogenated alkanes) is 1. The molecule has 1 saturated heterocycles. The molecule has 8 nitrogen and oxygen atoms in total. The van der Waals surface area contributed by atoms with E-state index < -0.39 is 5.91 Å². The molecule has 0 atom stereocenters. The number of amides is 2. The van der Waals surface area contributed by atoms with Gasteiger partial charge in [-0.2, -0.15) is 0 Å². The molecule has 2 heterocycles. The number of primary amides is 1. The summed E-state index contributed by atoms with van der Waals surface area (Å²) >= 11 is 7.26. The summed E-state index contributed by atoms with van der Waals surface area (Å²) in [5.74, 6) is 0.681. The van der Waals surface area contributed by atoms with Crippen molar-refractivity contribution in [2.24, 2.45) is 5.73 Å². The summed E-state index contributed by atoms with van der Waals surface area (Å²) in [4.78, 5) is 31.7. The number of benzene rings is 2. The van der Waals surface area contributed by atoms with Crippen molar-refractivity contribution in [1.29, 1.82) is 0 Å². The molecule has 0 spiro atoms. The van der Waals surface area contributed by atoms with Crippen LogP contribution in [0.4, 0.5) is 0 Å². The Hall–Kier alpha value is -2.98. The van der Waals surface area contributed by atoms with Crippen molar-refractivity contribution in [1.82, 2.24) is 15.2 Å². The molecule has 0 bridgehead atoms. The molecule has 0 unspecified atom stereocenters. The van der Waals surface area contributed by atoms with Gasteiger partial charge in [0.25, 0.3) is 11.8 Å². The van der Waals surface area contributed by atoms with Gasteiger partial charge in [-0.25, -0.2) is 4.98 Å². The minimum atomic E-state index is -0.441. The van der Waals surface area contributed by atoms with E-state index in [9.17, 15) is 14.7 Å². The molecule has 2 aliphatic rings. The van der Waals surface area contributed by atoms with Gasteiger partial charge in [0.05, 0.1) is 12.3 Å². The number of fused-ring (bicyclic) bond motifs is 1. The first kappa shape index (κ1) is 30.5. The number of thiazole rings is 1. The molecule has 1 fully saturated rings. The fraction of sp³-hybridized carbons (Fsp3) is 0.469. The maximum absolute atomic E-state index is 12.8. The summed E-state index contributed by atoms with van der Waals surface area (Å²) in [7, 11) is 0. The number of rotatable bonds is 12. The van der Waals surface area contributed by atoms with Crippen LogP contribution in [0.1, 0.15) is 76.5 Å². The highest BCUT2D eigenvalue weighted by Crippen LogP contribution is 2.40. The third kappa shape index (κ3) is 7.50. The van der Waals surface area contributed by atoms with Gasteiger partial charge in [0.2, 0.25) is 0 Å². The number of likely N-dealkylation sites (tertiary alicyclic amines) is 1. The normalized spacial score (nSPS) is 15.8. The lowest BCUT2D eigenvalue weighted by atomic mass is 9.83. The molecule has 1 aromatic heterocycles. The highest BCUT2D eigenvalue weighted by atomic mass is 35.5. The van der Waals surface area contributed by atoms with Crippen molar-refractivity contribution in [3.63, 3.8) is 0 Å². The van der Waals surface area contributed by atoms with E-state index >= 15 is 0 Å². The first-order valence-corrected chi connectivity index (χ1v) is 16.0. The Morgan fingerprint density at radius 1 is 1.10 bits per heavy atom. The summed E-state index contributed by atoms with van der Waals surface area (Å²) in [5.41, 5.74) is 10.5.